The summed E-state index contributed by atoms with van der Waals surface area (Å²) in [6.07, 6.45) is 0. The van der Waals surface area contributed by atoms with Crippen molar-refractivity contribution in [3.63, 3.8) is 0 Å². The Morgan fingerprint density at radius 3 is 2.47 bits per heavy atom. The van der Waals surface area contributed by atoms with Crippen LogP contribution in [0.5, 0.6) is 0 Å². The van der Waals surface area contributed by atoms with E-state index in [0.717, 1.165) is 6.54 Å². The van der Waals surface area contributed by atoms with Crippen LogP contribution in [0.4, 0.5) is 0 Å². The van der Waals surface area contributed by atoms with E-state index in [1.165, 1.54) is 5.56 Å². The summed E-state index contributed by atoms with van der Waals surface area (Å²) in [5, 5.41) is 2.92. The van der Waals surface area contributed by atoms with Crippen molar-refractivity contribution in [3.05, 3.63) is 35.4 Å². The molecule has 1 N–H and O–H groups in total. The zero-order valence-corrected chi connectivity index (χ0v) is 10.3. The van der Waals surface area contributed by atoms with Crippen LogP contribution in [0, 0.1) is 0 Å². The van der Waals surface area contributed by atoms with E-state index in [1.807, 2.05) is 38.4 Å². The molecule has 1 aliphatic heterocycles. The second-order valence-electron chi connectivity index (χ2n) is 4.64. The summed E-state index contributed by atoms with van der Waals surface area (Å²) in [5.41, 5.74) is 1.91. The highest BCUT2D eigenvalue weighted by molar-refractivity contribution is 5.94. The second-order valence-corrected chi connectivity index (χ2v) is 4.64. The number of carbonyl (C=O) groups is 1. The van der Waals surface area contributed by atoms with Gasteiger partial charge in [0.2, 0.25) is 0 Å². The molecule has 1 amide bonds. The van der Waals surface area contributed by atoms with Crippen molar-refractivity contribution in [1.29, 1.82) is 0 Å². The van der Waals surface area contributed by atoms with E-state index in [9.17, 15) is 4.79 Å². The lowest BCUT2D eigenvalue weighted by Crippen LogP contribution is -2.48. The van der Waals surface area contributed by atoms with Crippen LogP contribution in [0.1, 0.15) is 15.9 Å². The van der Waals surface area contributed by atoms with E-state index in [1.54, 1.807) is 0 Å². The number of carbonyl (C=O) groups excluding carboxylic acids is 1. The van der Waals surface area contributed by atoms with Crippen LogP contribution in [0.15, 0.2) is 24.3 Å². The summed E-state index contributed by atoms with van der Waals surface area (Å²) in [6, 6.07) is 7.91. The molecule has 4 heteroatoms. The van der Waals surface area contributed by atoms with E-state index < -0.39 is 0 Å². The third-order valence-corrected chi connectivity index (χ3v) is 2.69. The Morgan fingerprint density at radius 2 is 2.00 bits per heavy atom. The molecule has 1 saturated heterocycles. The number of ether oxygens (including phenoxy) is 1. The van der Waals surface area contributed by atoms with Gasteiger partial charge in [0, 0.05) is 12.1 Å². The van der Waals surface area contributed by atoms with Crippen molar-refractivity contribution in [3.8, 4) is 0 Å². The largest absolute Gasteiger partial charge is 0.377 e. The predicted octanol–water partition coefficient (Wildman–Crippen LogP) is 0.877. The molecule has 17 heavy (non-hydrogen) atoms. The molecule has 1 heterocycles. The summed E-state index contributed by atoms with van der Waals surface area (Å²) in [6.45, 7) is 2.15. The van der Waals surface area contributed by atoms with Crippen molar-refractivity contribution in [2.45, 2.75) is 12.6 Å². The first-order chi connectivity index (χ1) is 8.15. The molecule has 0 aliphatic carbocycles. The average molecular weight is 234 g/mol. The van der Waals surface area contributed by atoms with E-state index in [2.05, 4.69) is 10.2 Å². The normalized spacial score (nSPS) is 15.7. The second kappa shape index (κ2) is 5.29. The van der Waals surface area contributed by atoms with Crippen molar-refractivity contribution in [2.24, 2.45) is 0 Å². The minimum atomic E-state index is -0.0188. The first-order valence-electron chi connectivity index (χ1n) is 5.77. The lowest BCUT2D eigenvalue weighted by molar-refractivity contribution is -0.00346. The van der Waals surface area contributed by atoms with Gasteiger partial charge in [0.1, 0.15) is 0 Å². The van der Waals surface area contributed by atoms with Crippen LogP contribution >= 0.6 is 0 Å². The summed E-state index contributed by atoms with van der Waals surface area (Å²) in [4.78, 5) is 13.9. The number of rotatable bonds is 4. The number of amides is 1. The molecule has 1 aliphatic rings. The van der Waals surface area contributed by atoms with E-state index >= 15 is 0 Å². The van der Waals surface area contributed by atoms with Crippen LogP contribution in [0.2, 0.25) is 0 Å². The van der Waals surface area contributed by atoms with Gasteiger partial charge < -0.3 is 15.0 Å². The quantitative estimate of drug-likeness (QED) is 0.840. The SMILES string of the molecule is CN(C)Cc1ccc(C(=O)NC2COC2)cc1. The Bertz CT molecular complexity index is 383. The molecule has 1 aromatic carbocycles. The van der Waals surface area contributed by atoms with E-state index in [0.29, 0.717) is 18.8 Å². The molecular formula is C13H18N2O2. The molecule has 4 nitrogen and oxygen atoms in total. The van der Waals surface area contributed by atoms with Crippen LogP contribution in [-0.4, -0.2) is 44.2 Å². The molecule has 2 rings (SSSR count). The van der Waals surface area contributed by atoms with E-state index in [4.69, 9.17) is 4.74 Å². The molecule has 0 radical (unpaired) electrons. The van der Waals surface area contributed by atoms with Gasteiger partial charge in [-0.2, -0.15) is 0 Å². The van der Waals surface area contributed by atoms with Gasteiger partial charge in [-0.05, 0) is 31.8 Å². The highest BCUT2D eigenvalue weighted by atomic mass is 16.5. The molecule has 92 valence electrons. The number of hydrogen-bond donors (Lipinski definition) is 1. The third kappa shape index (κ3) is 3.28. The molecule has 0 atom stereocenters. The topological polar surface area (TPSA) is 41.6 Å². The fourth-order valence-corrected chi connectivity index (χ4v) is 1.71. The highest BCUT2D eigenvalue weighted by Gasteiger charge is 2.20. The smallest absolute Gasteiger partial charge is 0.251 e. The predicted molar refractivity (Wildman–Crippen MR) is 65.9 cm³/mol. The van der Waals surface area contributed by atoms with Gasteiger partial charge in [-0.3, -0.25) is 4.79 Å². The van der Waals surface area contributed by atoms with Crippen molar-refractivity contribution in [2.75, 3.05) is 27.3 Å². The van der Waals surface area contributed by atoms with Crippen molar-refractivity contribution in [1.82, 2.24) is 10.2 Å². The van der Waals surface area contributed by atoms with Gasteiger partial charge in [-0.25, -0.2) is 0 Å². The molecule has 0 unspecified atom stereocenters. The molecule has 0 aromatic heterocycles. The van der Waals surface area contributed by atoms with Gasteiger partial charge in [0.05, 0.1) is 19.3 Å². The minimum absolute atomic E-state index is 0.0188. The number of benzene rings is 1. The highest BCUT2D eigenvalue weighted by Crippen LogP contribution is 2.07. The maximum Gasteiger partial charge on any atom is 0.251 e. The first-order valence-corrected chi connectivity index (χ1v) is 5.77. The van der Waals surface area contributed by atoms with Crippen molar-refractivity contribution >= 4 is 5.91 Å². The lowest BCUT2D eigenvalue weighted by atomic mass is 10.1. The monoisotopic (exact) mass is 234 g/mol. The van der Waals surface area contributed by atoms with Gasteiger partial charge in [0.25, 0.3) is 5.91 Å². The fourth-order valence-electron chi connectivity index (χ4n) is 1.71. The summed E-state index contributed by atoms with van der Waals surface area (Å²) in [5.74, 6) is -0.0188. The van der Waals surface area contributed by atoms with Crippen molar-refractivity contribution < 1.29 is 9.53 Å². The number of nitrogens with zero attached hydrogens (tertiary/aromatic N) is 1. The van der Waals surface area contributed by atoms with Gasteiger partial charge in [0.15, 0.2) is 0 Å². The van der Waals surface area contributed by atoms with Crippen LogP contribution < -0.4 is 5.32 Å². The van der Waals surface area contributed by atoms with Gasteiger partial charge in [-0.15, -0.1) is 0 Å². The third-order valence-electron chi connectivity index (χ3n) is 2.69. The molecule has 0 bridgehead atoms. The van der Waals surface area contributed by atoms with Crippen LogP contribution in [0.3, 0.4) is 0 Å². The zero-order valence-electron chi connectivity index (χ0n) is 10.3. The Balaban J connectivity index is 1.94. The summed E-state index contributed by atoms with van der Waals surface area (Å²) in [7, 11) is 4.05. The first kappa shape index (κ1) is 12.1. The summed E-state index contributed by atoms with van der Waals surface area (Å²) >= 11 is 0. The van der Waals surface area contributed by atoms with Gasteiger partial charge in [-0.1, -0.05) is 12.1 Å². The number of nitrogens with one attached hydrogen (secondary N) is 1. The van der Waals surface area contributed by atoms with Crippen LogP contribution in [0.25, 0.3) is 0 Å². The number of hydrogen-bond acceptors (Lipinski definition) is 3. The molecule has 1 fully saturated rings. The standard InChI is InChI=1S/C13H18N2O2/c1-15(2)7-10-3-5-11(6-4-10)13(16)14-12-8-17-9-12/h3-6,12H,7-9H2,1-2H3,(H,14,16). The minimum Gasteiger partial charge on any atom is -0.377 e. The Morgan fingerprint density at radius 1 is 1.35 bits per heavy atom. The molecule has 0 saturated carbocycles. The maximum atomic E-state index is 11.8. The Kier molecular flexibility index (Phi) is 3.76. The zero-order chi connectivity index (χ0) is 12.3. The van der Waals surface area contributed by atoms with Crippen LogP contribution in [-0.2, 0) is 11.3 Å². The Hall–Kier alpha value is -1.39. The molecule has 0 spiro atoms. The van der Waals surface area contributed by atoms with Gasteiger partial charge >= 0.3 is 0 Å². The molecular weight excluding hydrogens is 216 g/mol. The van der Waals surface area contributed by atoms with E-state index in [-0.39, 0.29) is 11.9 Å². The molecule has 1 aromatic rings. The Labute approximate surface area is 102 Å². The maximum absolute atomic E-state index is 11.8. The summed E-state index contributed by atoms with van der Waals surface area (Å²) < 4.78 is 5.01. The lowest BCUT2D eigenvalue weighted by Gasteiger charge is -2.26. The fraction of sp³-hybridized carbons (Fsp3) is 0.462. The average Bonchev–Trinajstić information content (AvgIpc) is 2.23.